The van der Waals surface area contributed by atoms with Crippen molar-refractivity contribution in [3.8, 4) is 11.1 Å². The summed E-state index contributed by atoms with van der Waals surface area (Å²) in [4.78, 5) is 29.9. The van der Waals surface area contributed by atoms with Crippen molar-refractivity contribution in [1.82, 2.24) is 9.55 Å². The highest BCUT2D eigenvalue weighted by atomic mass is 35.5. The molecule has 0 aliphatic carbocycles. The van der Waals surface area contributed by atoms with E-state index in [1.807, 2.05) is 6.92 Å². The van der Waals surface area contributed by atoms with Crippen LogP contribution in [0.25, 0.3) is 22.0 Å². The Morgan fingerprint density at radius 1 is 1.09 bits per heavy atom. The summed E-state index contributed by atoms with van der Waals surface area (Å²) in [6.07, 6.45) is 1.62. The van der Waals surface area contributed by atoms with E-state index in [1.165, 1.54) is 24.3 Å². The summed E-state index contributed by atoms with van der Waals surface area (Å²) in [5, 5.41) is 8.44. The molecule has 2 aromatic carbocycles. The molecule has 3 N–H and O–H groups in total. The quantitative estimate of drug-likeness (QED) is 0.340. The van der Waals surface area contributed by atoms with Crippen LogP contribution in [0.3, 0.4) is 0 Å². The molecule has 0 bridgehead atoms. The third-order valence-corrected chi connectivity index (χ3v) is 5.54. The maximum Gasteiger partial charge on any atom is 0.323 e. The van der Waals surface area contributed by atoms with Crippen LogP contribution in [0.2, 0.25) is 5.02 Å². The molecule has 4 rings (SSSR count). The van der Waals surface area contributed by atoms with E-state index in [4.69, 9.17) is 11.6 Å². The summed E-state index contributed by atoms with van der Waals surface area (Å²) in [6, 6.07) is 10.2. The minimum Gasteiger partial charge on any atom is -0.373 e. The number of aryl methyl sites for hydroxylation is 1. The van der Waals surface area contributed by atoms with Crippen molar-refractivity contribution in [2.24, 2.45) is 0 Å². The average Bonchev–Trinajstić information content (AvgIpc) is 2.80. The molecule has 10 heteroatoms. The number of nitrogens with zero attached hydrogens (tertiary/aromatic N) is 2. The first kappa shape index (κ1) is 23.2. The van der Waals surface area contributed by atoms with E-state index in [1.54, 1.807) is 29.9 Å². The van der Waals surface area contributed by atoms with Gasteiger partial charge in [0.2, 0.25) is 0 Å². The second-order valence-electron chi connectivity index (χ2n) is 7.39. The molecule has 4 aromatic rings. The monoisotopic (exact) mass is 483 g/mol. The van der Waals surface area contributed by atoms with Gasteiger partial charge >= 0.3 is 6.03 Å². The predicted molar refractivity (Wildman–Crippen MR) is 131 cm³/mol. The lowest BCUT2D eigenvalue weighted by atomic mass is 10.0. The van der Waals surface area contributed by atoms with Gasteiger partial charge < -0.3 is 20.5 Å². The molecule has 0 saturated heterocycles. The van der Waals surface area contributed by atoms with Crippen LogP contribution in [0.5, 0.6) is 0 Å². The molecule has 0 fully saturated rings. The Morgan fingerprint density at radius 3 is 2.59 bits per heavy atom. The first-order chi connectivity index (χ1) is 16.3. The molecule has 2 heterocycles. The number of carbonyl (C=O) groups excluding carboxylic acids is 1. The summed E-state index contributed by atoms with van der Waals surface area (Å²) >= 11 is 6.30. The lowest BCUT2D eigenvalue weighted by molar-refractivity contribution is 0.262. The molecule has 2 aromatic heterocycles. The topological polar surface area (TPSA) is 88.1 Å². The van der Waals surface area contributed by atoms with Gasteiger partial charge in [0.05, 0.1) is 16.2 Å². The number of pyridine rings is 2. The normalized spacial score (nSPS) is 10.9. The van der Waals surface area contributed by atoms with E-state index in [0.29, 0.717) is 23.3 Å². The smallest absolute Gasteiger partial charge is 0.323 e. The predicted octanol–water partition coefficient (Wildman–Crippen LogP) is 5.70. The van der Waals surface area contributed by atoms with Crippen molar-refractivity contribution in [1.29, 1.82) is 0 Å². The second kappa shape index (κ2) is 9.48. The number of fused-ring (bicyclic) bond motifs is 1. The van der Waals surface area contributed by atoms with Gasteiger partial charge in [-0.3, -0.25) is 4.79 Å². The molecule has 0 spiro atoms. The number of hydrogen-bond acceptors (Lipinski definition) is 4. The van der Waals surface area contributed by atoms with Gasteiger partial charge in [-0.1, -0.05) is 17.7 Å². The zero-order valence-electron chi connectivity index (χ0n) is 18.2. The van der Waals surface area contributed by atoms with Gasteiger partial charge in [0.25, 0.3) is 5.56 Å². The molecule has 0 saturated carbocycles. The first-order valence-electron chi connectivity index (χ1n) is 10.3. The SMILES string of the molecule is CCn1c(=O)c(-c2cc(NC(=O)Nc3cccc(F)c3)c(F)cc2Cl)cc2cnc(NC)cc21. The molecule has 0 radical (unpaired) electrons. The Morgan fingerprint density at radius 2 is 1.88 bits per heavy atom. The third-order valence-electron chi connectivity index (χ3n) is 5.23. The van der Waals surface area contributed by atoms with Gasteiger partial charge in [-0.2, -0.15) is 0 Å². The zero-order valence-corrected chi connectivity index (χ0v) is 19.0. The van der Waals surface area contributed by atoms with E-state index in [0.717, 1.165) is 12.1 Å². The summed E-state index contributed by atoms with van der Waals surface area (Å²) in [7, 11) is 1.73. The van der Waals surface area contributed by atoms with Gasteiger partial charge in [0.1, 0.15) is 17.5 Å². The molecular weight excluding hydrogens is 464 g/mol. The highest BCUT2D eigenvalue weighted by Gasteiger charge is 2.18. The summed E-state index contributed by atoms with van der Waals surface area (Å²) in [6.45, 7) is 2.22. The van der Waals surface area contributed by atoms with Crippen molar-refractivity contribution >= 4 is 45.7 Å². The highest BCUT2D eigenvalue weighted by molar-refractivity contribution is 6.33. The van der Waals surface area contributed by atoms with Crippen molar-refractivity contribution in [2.45, 2.75) is 13.5 Å². The lowest BCUT2D eigenvalue weighted by Crippen LogP contribution is -2.22. The van der Waals surface area contributed by atoms with Crippen molar-refractivity contribution < 1.29 is 13.6 Å². The van der Waals surface area contributed by atoms with Crippen LogP contribution < -0.4 is 21.5 Å². The van der Waals surface area contributed by atoms with Crippen LogP contribution in [0.15, 0.2) is 59.5 Å². The summed E-state index contributed by atoms with van der Waals surface area (Å²) in [5.74, 6) is -0.713. The fourth-order valence-electron chi connectivity index (χ4n) is 3.62. The van der Waals surface area contributed by atoms with E-state index >= 15 is 0 Å². The number of benzene rings is 2. The van der Waals surface area contributed by atoms with Gasteiger partial charge in [0, 0.05) is 48.1 Å². The first-order valence-corrected chi connectivity index (χ1v) is 10.7. The number of aromatic nitrogens is 2. The van der Waals surface area contributed by atoms with Crippen LogP contribution in [0.4, 0.5) is 30.8 Å². The number of carbonyl (C=O) groups is 1. The average molecular weight is 484 g/mol. The minimum absolute atomic E-state index is 0.00694. The number of nitrogens with one attached hydrogen (secondary N) is 3. The molecule has 0 aliphatic rings. The van der Waals surface area contributed by atoms with Gasteiger partial charge in [-0.25, -0.2) is 18.6 Å². The Labute approximate surface area is 198 Å². The third kappa shape index (κ3) is 4.55. The Hall–Kier alpha value is -3.98. The molecule has 0 aliphatic heterocycles. The Kier molecular flexibility index (Phi) is 6.47. The molecule has 0 unspecified atom stereocenters. The number of amides is 2. The second-order valence-corrected chi connectivity index (χ2v) is 7.79. The lowest BCUT2D eigenvalue weighted by Gasteiger charge is -2.15. The van der Waals surface area contributed by atoms with Crippen LogP contribution in [-0.4, -0.2) is 22.6 Å². The van der Waals surface area contributed by atoms with Crippen LogP contribution in [0.1, 0.15) is 6.92 Å². The molecule has 174 valence electrons. The minimum atomic E-state index is -0.792. The molecule has 0 atom stereocenters. The van der Waals surface area contributed by atoms with Crippen molar-refractivity contribution in [3.05, 3.63) is 81.7 Å². The van der Waals surface area contributed by atoms with E-state index < -0.39 is 17.7 Å². The zero-order chi connectivity index (χ0) is 24.4. The maximum atomic E-state index is 14.6. The van der Waals surface area contributed by atoms with Gasteiger partial charge in [-0.15, -0.1) is 0 Å². The Balaban J connectivity index is 1.75. The molecule has 7 nitrogen and oxygen atoms in total. The maximum absolute atomic E-state index is 14.6. The number of hydrogen-bond donors (Lipinski definition) is 3. The molecule has 2 amide bonds. The van der Waals surface area contributed by atoms with E-state index in [9.17, 15) is 18.4 Å². The highest BCUT2D eigenvalue weighted by Crippen LogP contribution is 2.32. The van der Waals surface area contributed by atoms with Gasteiger partial charge in [-0.05, 0) is 43.3 Å². The molecular formula is C24H20ClF2N5O2. The van der Waals surface area contributed by atoms with Gasteiger partial charge in [0.15, 0.2) is 0 Å². The standard InChI is InChI=1S/C24H20ClF2N5O2/c1-3-32-21-11-22(28-2)29-12-13(21)7-17(23(32)33)16-9-20(19(27)10-18(16)25)31-24(34)30-15-6-4-5-14(26)8-15/h4-12H,3H2,1-2H3,(H,28,29)(H2,30,31,34). The van der Waals surface area contributed by atoms with Crippen molar-refractivity contribution in [3.63, 3.8) is 0 Å². The fourth-order valence-corrected chi connectivity index (χ4v) is 3.87. The number of urea groups is 1. The largest absolute Gasteiger partial charge is 0.373 e. The number of halogens is 3. The van der Waals surface area contributed by atoms with E-state index in [2.05, 4.69) is 20.9 Å². The Bertz CT molecular complexity index is 1470. The molecule has 34 heavy (non-hydrogen) atoms. The van der Waals surface area contributed by atoms with Crippen LogP contribution >= 0.6 is 11.6 Å². The summed E-state index contributed by atoms with van der Waals surface area (Å²) in [5.41, 5.74) is 0.830. The fraction of sp³-hybridized carbons (Fsp3) is 0.125. The van der Waals surface area contributed by atoms with E-state index in [-0.39, 0.29) is 33.1 Å². The number of anilines is 3. The number of rotatable bonds is 5. The van der Waals surface area contributed by atoms with Crippen LogP contribution in [0, 0.1) is 11.6 Å². The summed E-state index contributed by atoms with van der Waals surface area (Å²) < 4.78 is 29.5. The van der Waals surface area contributed by atoms with Crippen LogP contribution in [-0.2, 0) is 6.54 Å². The van der Waals surface area contributed by atoms with Crippen molar-refractivity contribution in [2.75, 3.05) is 23.0 Å².